The number of hydrogen-bond donors (Lipinski definition) is 2. The summed E-state index contributed by atoms with van der Waals surface area (Å²) in [5.41, 5.74) is 1.10. The third-order valence-corrected chi connectivity index (χ3v) is 6.31. The smallest absolute Gasteiger partial charge is 0.244 e. The Bertz CT molecular complexity index is 936. The average Bonchev–Trinajstić information content (AvgIpc) is 2.91. The minimum absolute atomic E-state index is 0.228. The molecule has 3 heterocycles. The van der Waals surface area contributed by atoms with E-state index in [1.165, 1.54) is 0 Å². The van der Waals surface area contributed by atoms with Crippen LogP contribution in [0.5, 0.6) is 0 Å². The summed E-state index contributed by atoms with van der Waals surface area (Å²) in [4.78, 5) is 11.3. The third kappa shape index (κ3) is 4.59. The Morgan fingerprint density at radius 1 is 1.14 bits per heavy atom. The summed E-state index contributed by atoms with van der Waals surface area (Å²) in [5.74, 6) is 2.18. The lowest BCUT2D eigenvalue weighted by Gasteiger charge is -2.28. The molecular weight excluding hydrogens is 382 g/mol. The molecule has 0 aromatic carbocycles. The fourth-order valence-corrected chi connectivity index (χ4v) is 4.65. The zero-order valence-electron chi connectivity index (χ0n) is 16.7. The quantitative estimate of drug-likeness (QED) is 0.630. The number of morpholine rings is 1. The zero-order chi connectivity index (χ0) is 20.3. The summed E-state index contributed by atoms with van der Waals surface area (Å²) in [7, 11) is -1.89. The summed E-state index contributed by atoms with van der Waals surface area (Å²) in [6.45, 7) is 8.84. The Balaban J connectivity index is 1.60. The van der Waals surface area contributed by atoms with Gasteiger partial charge in [0.15, 0.2) is 0 Å². The molecule has 0 aliphatic carbocycles. The van der Waals surface area contributed by atoms with Crippen molar-refractivity contribution in [3.05, 3.63) is 23.3 Å². The van der Waals surface area contributed by atoms with Gasteiger partial charge in [-0.3, -0.25) is 4.68 Å². The van der Waals surface area contributed by atoms with Crippen LogP contribution in [0.25, 0.3) is 0 Å². The van der Waals surface area contributed by atoms with E-state index >= 15 is 0 Å². The molecule has 1 aliphatic rings. The van der Waals surface area contributed by atoms with E-state index < -0.39 is 10.0 Å². The van der Waals surface area contributed by atoms with Crippen molar-refractivity contribution in [2.24, 2.45) is 7.05 Å². The molecule has 0 unspecified atom stereocenters. The second kappa shape index (κ2) is 8.41. The largest absolute Gasteiger partial charge is 0.378 e. The Labute approximate surface area is 165 Å². The highest BCUT2D eigenvalue weighted by atomic mass is 32.2. The highest BCUT2D eigenvalue weighted by molar-refractivity contribution is 7.89. The first-order chi connectivity index (χ1) is 13.3. The maximum Gasteiger partial charge on any atom is 0.244 e. The number of sulfonamides is 1. The first-order valence-electron chi connectivity index (χ1n) is 9.20. The Morgan fingerprint density at radius 3 is 2.50 bits per heavy atom. The van der Waals surface area contributed by atoms with Crippen molar-refractivity contribution in [1.82, 2.24) is 24.5 Å². The second-order valence-corrected chi connectivity index (χ2v) is 8.41. The molecule has 0 radical (unpaired) electrons. The molecule has 11 heteroatoms. The van der Waals surface area contributed by atoms with Crippen LogP contribution < -0.4 is 14.9 Å². The van der Waals surface area contributed by atoms with Gasteiger partial charge < -0.3 is 15.0 Å². The van der Waals surface area contributed by atoms with Crippen molar-refractivity contribution in [3.8, 4) is 0 Å². The molecule has 1 aliphatic heterocycles. The monoisotopic (exact) mass is 409 g/mol. The summed E-state index contributed by atoms with van der Waals surface area (Å²) in [5, 5.41) is 7.33. The number of nitrogens with one attached hydrogen (secondary N) is 2. The van der Waals surface area contributed by atoms with Gasteiger partial charge in [0, 0.05) is 39.3 Å². The standard InChI is InChI=1S/C17H27N7O3S/c1-12-17(13(2)23(4)22-12)28(25,26)19-6-5-18-15-11-16(21-14(3)20-15)24-7-9-27-10-8-24/h11,19H,5-10H2,1-4H3,(H,18,20,21). The highest BCUT2D eigenvalue weighted by Gasteiger charge is 2.23. The predicted octanol–water partition coefficient (Wildman–Crippen LogP) is 0.362. The molecule has 0 amide bonds. The van der Waals surface area contributed by atoms with E-state index in [0.717, 1.165) is 18.9 Å². The van der Waals surface area contributed by atoms with Crippen molar-refractivity contribution in [2.45, 2.75) is 25.7 Å². The molecule has 0 saturated carbocycles. The van der Waals surface area contributed by atoms with Gasteiger partial charge in [-0.15, -0.1) is 0 Å². The number of rotatable bonds is 7. The van der Waals surface area contributed by atoms with Gasteiger partial charge in [-0.05, 0) is 20.8 Å². The Morgan fingerprint density at radius 2 is 1.86 bits per heavy atom. The van der Waals surface area contributed by atoms with Gasteiger partial charge in [0.1, 0.15) is 22.4 Å². The molecule has 1 fully saturated rings. The Hall–Kier alpha value is -2.24. The van der Waals surface area contributed by atoms with Crippen LogP contribution in [0.1, 0.15) is 17.2 Å². The van der Waals surface area contributed by atoms with Gasteiger partial charge in [0.25, 0.3) is 0 Å². The molecule has 3 rings (SSSR count). The minimum atomic E-state index is -3.62. The van der Waals surface area contributed by atoms with Crippen LogP contribution in [0, 0.1) is 20.8 Å². The van der Waals surface area contributed by atoms with E-state index in [1.807, 2.05) is 13.0 Å². The fourth-order valence-electron chi connectivity index (χ4n) is 3.19. The summed E-state index contributed by atoms with van der Waals surface area (Å²) >= 11 is 0. The molecule has 2 aromatic heterocycles. The zero-order valence-corrected chi connectivity index (χ0v) is 17.5. The lowest BCUT2D eigenvalue weighted by atomic mass is 10.4. The van der Waals surface area contributed by atoms with Crippen LogP contribution in [0.3, 0.4) is 0 Å². The molecule has 1 saturated heterocycles. The maximum atomic E-state index is 12.6. The third-order valence-electron chi connectivity index (χ3n) is 4.59. The molecule has 2 N–H and O–H groups in total. The van der Waals surface area contributed by atoms with Crippen molar-refractivity contribution in [2.75, 3.05) is 49.6 Å². The van der Waals surface area contributed by atoms with E-state index in [1.54, 1.807) is 25.6 Å². The van der Waals surface area contributed by atoms with Gasteiger partial charge in [-0.1, -0.05) is 0 Å². The summed E-state index contributed by atoms with van der Waals surface area (Å²) in [6.07, 6.45) is 0. The maximum absolute atomic E-state index is 12.6. The van der Waals surface area contributed by atoms with Gasteiger partial charge in [-0.2, -0.15) is 5.10 Å². The molecule has 2 aromatic rings. The number of aromatic nitrogens is 4. The minimum Gasteiger partial charge on any atom is -0.378 e. The van der Waals surface area contributed by atoms with E-state index in [9.17, 15) is 8.42 Å². The molecule has 0 atom stereocenters. The normalized spacial score (nSPS) is 15.1. The van der Waals surface area contributed by atoms with Crippen LogP contribution in [0.15, 0.2) is 11.0 Å². The van der Waals surface area contributed by atoms with Gasteiger partial charge in [-0.25, -0.2) is 23.1 Å². The predicted molar refractivity (Wildman–Crippen MR) is 106 cm³/mol. The second-order valence-electron chi connectivity index (χ2n) is 6.71. The first-order valence-corrected chi connectivity index (χ1v) is 10.7. The van der Waals surface area contributed by atoms with Gasteiger partial charge in [0.2, 0.25) is 10.0 Å². The number of nitrogens with zero attached hydrogens (tertiary/aromatic N) is 5. The van der Waals surface area contributed by atoms with E-state index in [0.29, 0.717) is 42.8 Å². The van der Waals surface area contributed by atoms with Crippen molar-refractivity contribution in [3.63, 3.8) is 0 Å². The van der Waals surface area contributed by atoms with E-state index in [2.05, 4.69) is 30.0 Å². The Kier molecular flexibility index (Phi) is 6.16. The number of anilines is 2. The lowest BCUT2D eigenvalue weighted by Crippen LogP contribution is -2.37. The molecule has 154 valence electrons. The number of aryl methyl sites for hydroxylation is 3. The van der Waals surface area contributed by atoms with Crippen molar-refractivity contribution < 1.29 is 13.2 Å². The van der Waals surface area contributed by atoms with Crippen LogP contribution in [0.4, 0.5) is 11.6 Å². The van der Waals surface area contributed by atoms with Crippen LogP contribution in [0.2, 0.25) is 0 Å². The average molecular weight is 410 g/mol. The summed E-state index contributed by atoms with van der Waals surface area (Å²) in [6, 6.07) is 1.88. The van der Waals surface area contributed by atoms with Crippen LogP contribution >= 0.6 is 0 Å². The van der Waals surface area contributed by atoms with Crippen molar-refractivity contribution in [1.29, 1.82) is 0 Å². The van der Waals surface area contributed by atoms with Gasteiger partial charge >= 0.3 is 0 Å². The number of hydrogen-bond acceptors (Lipinski definition) is 8. The van der Waals surface area contributed by atoms with E-state index in [-0.39, 0.29) is 11.4 Å². The van der Waals surface area contributed by atoms with Crippen LogP contribution in [-0.4, -0.2) is 67.6 Å². The molecule has 10 nitrogen and oxygen atoms in total. The summed E-state index contributed by atoms with van der Waals surface area (Å²) < 4.78 is 34.7. The first kappa shape index (κ1) is 20.5. The molecular formula is C17H27N7O3S. The topological polar surface area (TPSA) is 114 Å². The molecule has 0 bridgehead atoms. The molecule has 28 heavy (non-hydrogen) atoms. The lowest BCUT2D eigenvalue weighted by molar-refractivity contribution is 0.122. The van der Waals surface area contributed by atoms with E-state index in [4.69, 9.17) is 4.74 Å². The van der Waals surface area contributed by atoms with Gasteiger partial charge in [0.05, 0.1) is 24.6 Å². The van der Waals surface area contributed by atoms with Crippen LogP contribution in [-0.2, 0) is 21.8 Å². The van der Waals surface area contributed by atoms with Crippen molar-refractivity contribution >= 4 is 21.7 Å². The number of ether oxygens (including phenoxy) is 1. The molecule has 0 spiro atoms. The SMILES string of the molecule is Cc1nc(NCCNS(=O)(=O)c2c(C)nn(C)c2C)cc(N2CCOCC2)n1. The fraction of sp³-hybridized carbons (Fsp3) is 0.588. The highest BCUT2D eigenvalue weighted by Crippen LogP contribution is 2.19.